The SMILES string of the molecule is Cc1oc(-c2cccc(Br)c2)nc1CN1CCC(C(=O)N[C@@H](C)CCc2ccccc2)CC1. The van der Waals surface area contributed by atoms with Crippen molar-refractivity contribution in [2.75, 3.05) is 13.1 Å². The maximum Gasteiger partial charge on any atom is 0.226 e. The van der Waals surface area contributed by atoms with Gasteiger partial charge in [0.25, 0.3) is 0 Å². The lowest BCUT2D eigenvalue weighted by molar-refractivity contribution is -0.127. The highest BCUT2D eigenvalue weighted by Crippen LogP contribution is 2.26. The molecule has 0 unspecified atom stereocenters. The number of hydrogen-bond acceptors (Lipinski definition) is 4. The summed E-state index contributed by atoms with van der Waals surface area (Å²) in [7, 11) is 0. The summed E-state index contributed by atoms with van der Waals surface area (Å²) in [6, 6.07) is 18.6. The second-order valence-electron chi connectivity index (χ2n) is 9.02. The van der Waals surface area contributed by atoms with Crippen LogP contribution in [0.25, 0.3) is 11.5 Å². The zero-order valence-electron chi connectivity index (χ0n) is 19.4. The Morgan fingerprint density at radius 3 is 2.67 bits per heavy atom. The highest BCUT2D eigenvalue weighted by atomic mass is 79.9. The maximum absolute atomic E-state index is 12.8. The molecule has 1 aliphatic heterocycles. The molecule has 1 N–H and O–H groups in total. The first kappa shape index (κ1) is 23.7. The Morgan fingerprint density at radius 2 is 1.94 bits per heavy atom. The van der Waals surface area contributed by atoms with Crippen LogP contribution in [0.15, 0.2) is 63.5 Å². The zero-order chi connectivity index (χ0) is 23.2. The maximum atomic E-state index is 12.8. The Morgan fingerprint density at radius 1 is 1.18 bits per heavy atom. The number of aromatic nitrogens is 1. The summed E-state index contributed by atoms with van der Waals surface area (Å²) >= 11 is 3.51. The first-order valence-electron chi connectivity index (χ1n) is 11.8. The molecule has 2 heterocycles. The van der Waals surface area contributed by atoms with Gasteiger partial charge in [-0.1, -0.05) is 52.3 Å². The van der Waals surface area contributed by atoms with E-state index >= 15 is 0 Å². The number of likely N-dealkylation sites (tertiary alicyclic amines) is 1. The summed E-state index contributed by atoms with van der Waals surface area (Å²) in [4.78, 5) is 19.9. The first-order chi connectivity index (χ1) is 16.0. The molecule has 1 fully saturated rings. The summed E-state index contributed by atoms with van der Waals surface area (Å²) in [6.07, 6.45) is 3.71. The lowest BCUT2D eigenvalue weighted by Crippen LogP contribution is -2.43. The number of piperidine rings is 1. The number of halogens is 1. The minimum absolute atomic E-state index is 0.0936. The topological polar surface area (TPSA) is 58.4 Å². The normalized spacial score (nSPS) is 16.0. The number of nitrogens with one attached hydrogen (secondary N) is 1. The summed E-state index contributed by atoms with van der Waals surface area (Å²) in [5.41, 5.74) is 3.26. The van der Waals surface area contributed by atoms with Crippen molar-refractivity contribution >= 4 is 21.8 Å². The van der Waals surface area contributed by atoms with Gasteiger partial charge in [0, 0.05) is 28.5 Å². The van der Waals surface area contributed by atoms with Crippen LogP contribution >= 0.6 is 15.9 Å². The van der Waals surface area contributed by atoms with Gasteiger partial charge in [0.2, 0.25) is 11.8 Å². The lowest BCUT2D eigenvalue weighted by atomic mass is 9.95. The largest absolute Gasteiger partial charge is 0.441 e. The second kappa shape index (κ2) is 11.1. The lowest BCUT2D eigenvalue weighted by Gasteiger charge is -2.31. The molecule has 174 valence electrons. The van der Waals surface area contributed by atoms with E-state index in [1.54, 1.807) is 0 Å². The molecule has 1 amide bonds. The number of hydrogen-bond donors (Lipinski definition) is 1. The van der Waals surface area contributed by atoms with Crippen molar-refractivity contribution in [3.63, 3.8) is 0 Å². The van der Waals surface area contributed by atoms with Gasteiger partial charge in [0.05, 0.1) is 5.69 Å². The fourth-order valence-electron chi connectivity index (χ4n) is 4.35. The van der Waals surface area contributed by atoms with E-state index in [1.165, 1.54) is 5.56 Å². The van der Waals surface area contributed by atoms with Crippen molar-refractivity contribution in [1.29, 1.82) is 0 Å². The Hall–Kier alpha value is -2.44. The second-order valence-corrected chi connectivity index (χ2v) is 9.93. The molecular formula is C27H32BrN3O2. The Kier molecular flexibility index (Phi) is 7.99. The third-order valence-electron chi connectivity index (χ3n) is 6.39. The number of oxazole rings is 1. The summed E-state index contributed by atoms with van der Waals surface area (Å²) < 4.78 is 6.94. The molecular weight excluding hydrogens is 478 g/mol. The van der Waals surface area contributed by atoms with Crippen molar-refractivity contribution in [1.82, 2.24) is 15.2 Å². The number of carbonyl (C=O) groups excluding carboxylic acids is 1. The molecule has 1 atom stereocenters. The minimum Gasteiger partial charge on any atom is -0.441 e. The van der Waals surface area contributed by atoms with E-state index in [9.17, 15) is 4.79 Å². The van der Waals surface area contributed by atoms with Crippen LogP contribution in [0.2, 0.25) is 0 Å². The molecule has 33 heavy (non-hydrogen) atoms. The Labute approximate surface area is 204 Å². The molecule has 1 saturated heterocycles. The first-order valence-corrected chi connectivity index (χ1v) is 12.6. The number of carbonyl (C=O) groups is 1. The number of amides is 1. The van der Waals surface area contributed by atoms with E-state index in [4.69, 9.17) is 9.40 Å². The van der Waals surface area contributed by atoms with Crippen molar-refractivity contribution in [2.24, 2.45) is 5.92 Å². The third kappa shape index (κ3) is 6.55. The molecule has 0 saturated carbocycles. The number of rotatable bonds is 8. The molecule has 0 aliphatic carbocycles. The van der Waals surface area contributed by atoms with Crippen LogP contribution < -0.4 is 5.32 Å². The van der Waals surface area contributed by atoms with E-state index in [1.807, 2.05) is 37.3 Å². The molecule has 5 nitrogen and oxygen atoms in total. The van der Waals surface area contributed by atoms with Crippen LogP contribution in [0.3, 0.4) is 0 Å². The standard InChI is InChI=1S/C27H32BrN3O2/c1-19(11-12-21-7-4-3-5-8-21)29-26(32)22-13-15-31(16-14-22)18-25-20(2)33-27(30-25)23-9-6-10-24(28)17-23/h3-10,17,19,22H,11-16,18H2,1-2H3,(H,29,32)/t19-/m0/s1. The molecule has 4 rings (SSSR count). The predicted octanol–water partition coefficient (Wildman–Crippen LogP) is 5.76. The third-order valence-corrected chi connectivity index (χ3v) is 6.89. The Balaban J connectivity index is 1.24. The van der Waals surface area contributed by atoms with Crippen LogP contribution in [0.4, 0.5) is 0 Å². The van der Waals surface area contributed by atoms with Gasteiger partial charge < -0.3 is 9.73 Å². The summed E-state index contributed by atoms with van der Waals surface area (Å²) in [6.45, 7) is 6.63. The van der Waals surface area contributed by atoms with E-state index in [2.05, 4.69) is 57.3 Å². The van der Waals surface area contributed by atoms with Crippen LogP contribution in [0, 0.1) is 12.8 Å². The quantitative estimate of drug-likeness (QED) is 0.419. The Bertz CT molecular complexity index is 1060. The predicted molar refractivity (Wildman–Crippen MR) is 135 cm³/mol. The van der Waals surface area contributed by atoms with Gasteiger partial charge in [0.15, 0.2) is 0 Å². The van der Waals surface area contributed by atoms with Crippen molar-refractivity contribution in [3.05, 3.63) is 76.1 Å². The van der Waals surface area contributed by atoms with Crippen molar-refractivity contribution < 1.29 is 9.21 Å². The van der Waals surface area contributed by atoms with Crippen LogP contribution in [0.1, 0.15) is 43.2 Å². The van der Waals surface area contributed by atoms with E-state index < -0.39 is 0 Å². The van der Waals surface area contributed by atoms with Crippen LogP contribution in [-0.2, 0) is 17.8 Å². The van der Waals surface area contributed by atoms with Gasteiger partial charge in [-0.3, -0.25) is 9.69 Å². The number of nitrogens with zero attached hydrogens (tertiary/aromatic N) is 2. The summed E-state index contributed by atoms with van der Waals surface area (Å²) in [5.74, 6) is 1.81. The smallest absolute Gasteiger partial charge is 0.226 e. The van der Waals surface area contributed by atoms with E-state index in [0.717, 1.165) is 66.8 Å². The van der Waals surface area contributed by atoms with Crippen LogP contribution in [0.5, 0.6) is 0 Å². The van der Waals surface area contributed by atoms with E-state index in [0.29, 0.717) is 5.89 Å². The van der Waals surface area contributed by atoms with Crippen LogP contribution in [-0.4, -0.2) is 34.9 Å². The zero-order valence-corrected chi connectivity index (χ0v) is 21.0. The fraction of sp³-hybridized carbons (Fsp3) is 0.407. The van der Waals surface area contributed by atoms with Gasteiger partial charge in [-0.2, -0.15) is 0 Å². The molecule has 0 bridgehead atoms. The number of aryl methyl sites for hydroxylation is 2. The van der Waals surface area contributed by atoms with Crippen molar-refractivity contribution in [3.8, 4) is 11.5 Å². The summed E-state index contributed by atoms with van der Waals surface area (Å²) in [5, 5.41) is 3.23. The van der Waals surface area contributed by atoms with Gasteiger partial charge in [-0.15, -0.1) is 0 Å². The average molecular weight is 510 g/mol. The minimum atomic E-state index is 0.0936. The monoisotopic (exact) mass is 509 g/mol. The molecule has 6 heteroatoms. The van der Waals surface area contributed by atoms with Gasteiger partial charge >= 0.3 is 0 Å². The average Bonchev–Trinajstić information content (AvgIpc) is 3.19. The number of benzene rings is 2. The molecule has 2 aromatic carbocycles. The van der Waals surface area contributed by atoms with Crippen molar-refractivity contribution in [2.45, 2.75) is 52.1 Å². The highest BCUT2D eigenvalue weighted by molar-refractivity contribution is 9.10. The molecule has 1 aromatic heterocycles. The molecule has 0 spiro atoms. The van der Waals surface area contributed by atoms with Gasteiger partial charge in [0.1, 0.15) is 5.76 Å². The van der Waals surface area contributed by atoms with Gasteiger partial charge in [-0.05, 0) is 76.4 Å². The van der Waals surface area contributed by atoms with E-state index in [-0.39, 0.29) is 17.9 Å². The molecule has 0 radical (unpaired) electrons. The molecule has 3 aromatic rings. The fourth-order valence-corrected chi connectivity index (χ4v) is 4.74. The molecule has 1 aliphatic rings. The van der Waals surface area contributed by atoms with Gasteiger partial charge in [-0.25, -0.2) is 4.98 Å². The highest BCUT2D eigenvalue weighted by Gasteiger charge is 2.26.